The molecule has 3 fully saturated rings. The highest BCUT2D eigenvalue weighted by atomic mass is 15.3. The van der Waals surface area contributed by atoms with Gasteiger partial charge in [0.15, 0.2) is 0 Å². The molecule has 0 spiro atoms. The summed E-state index contributed by atoms with van der Waals surface area (Å²) in [6.45, 7) is 10.1. The second-order valence-electron chi connectivity index (χ2n) is 6.48. The third kappa shape index (κ3) is 2.73. The van der Waals surface area contributed by atoms with Crippen molar-refractivity contribution >= 4 is 0 Å². The number of hydrogen-bond acceptors (Lipinski definition) is 3. The summed E-state index contributed by atoms with van der Waals surface area (Å²) in [7, 11) is 0. The fraction of sp³-hybridized carbons (Fsp3) is 1.00. The molecule has 0 radical (unpaired) electrons. The first-order chi connectivity index (χ1) is 8.86. The lowest BCUT2D eigenvalue weighted by molar-refractivity contribution is 0.0347. The largest absolute Gasteiger partial charge is 0.314 e. The van der Waals surface area contributed by atoms with Crippen LogP contribution in [0.1, 0.15) is 39.0 Å². The molecule has 3 rings (SSSR count). The zero-order valence-corrected chi connectivity index (χ0v) is 11.9. The molecule has 0 aromatic carbocycles. The van der Waals surface area contributed by atoms with Gasteiger partial charge in [-0.05, 0) is 18.8 Å². The standard InChI is InChI=1S/C15H29N3/c1-2-13-4-3-5-14(10-13)17-6-8-18(9-7-17)15-11-16-12-15/h13-16H,2-12H2,1H3. The normalized spacial score (nSPS) is 36.5. The predicted octanol–water partition coefficient (Wildman–Crippen LogP) is 1.54. The summed E-state index contributed by atoms with van der Waals surface area (Å²) in [4.78, 5) is 5.50. The maximum Gasteiger partial charge on any atom is 0.0346 e. The molecule has 0 bridgehead atoms. The molecule has 1 N–H and O–H groups in total. The van der Waals surface area contributed by atoms with E-state index in [1.807, 2.05) is 0 Å². The molecule has 1 saturated carbocycles. The van der Waals surface area contributed by atoms with E-state index in [0.29, 0.717) is 0 Å². The van der Waals surface area contributed by atoms with Crippen molar-refractivity contribution in [3.8, 4) is 0 Å². The van der Waals surface area contributed by atoms with E-state index in [4.69, 9.17) is 0 Å². The van der Waals surface area contributed by atoms with Crippen molar-refractivity contribution in [1.29, 1.82) is 0 Å². The summed E-state index contributed by atoms with van der Waals surface area (Å²) in [6, 6.07) is 1.76. The van der Waals surface area contributed by atoms with Gasteiger partial charge in [-0.1, -0.05) is 26.2 Å². The Kier molecular flexibility index (Phi) is 4.22. The van der Waals surface area contributed by atoms with Crippen LogP contribution in [-0.4, -0.2) is 61.2 Å². The molecule has 0 aromatic rings. The minimum atomic E-state index is 0.849. The topological polar surface area (TPSA) is 18.5 Å². The first kappa shape index (κ1) is 12.9. The van der Waals surface area contributed by atoms with Crippen LogP contribution in [0.5, 0.6) is 0 Å². The van der Waals surface area contributed by atoms with Gasteiger partial charge in [0.2, 0.25) is 0 Å². The molecule has 2 heterocycles. The Morgan fingerprint density at radius 3 is 2.17 bits per heavy atom. The van der Waals surface area contributed by atoms with Gasteiger partial charge >= 0.3 is 0 Å². The van der Waals surface area contributed by atoms with Crippen molar-refractivity contribution in [1.82, 2.24) is 15.1 Å². The summed E-state index contributed by atoms with van der Waals surface area (Å²) in [5.41, 5.74) is 0. The van der Waals surface area contributed by atoms with Gasteiger partial charge < -0.3 is 5.32 Å². The number of hydrogen-bond donors (Lipinski definition) is 1. The Morgan fingerprint density at radius 2 is 1.61 bits per heavy atom. The average molecular weight is 251 g/mol. The highest BCUT2D eigenvalue weighted by Gasteiger charge is 2.31. The molecule has 2 unspecified atom stereocenters. The summed E-state index contributed by atoms with van der Waals surface area (Å²) in [5, 5.41) is 3.39. The van der Waals surface area contributed by atoms with Crippen LogP contribution in [0, 0.1) is 5.92 Å². The van der Waals surface area contributed by atoms with Crippen molar-refractivity contribution in [2.24, 2.45) is 5.92 Å². The lowest BCUT2D eigenvalue weighted by Crippen LogP contribution is -2.62. The minimum absolute atomic E-state index is 0.849. The van der Waals surface area contributed by atoms with Crippen LogP contribution < -0.4 is 5.32 Å². The number of piperazine rings is 1. The Morgan fingerprint density at radius 1 is 0.944 bits per heavy atom. The lowest BCUT2D eigenvalue weighted by atomic mass is 9.83. The second kappa shape index (κ2) is 5.89. The third-order valence-electron chi connectivity index (χ3n) is 5.47. The van der Waals surface area contributed by atoms with Crippen LogP contribution in [0.25, 0.3) is 0 Å². The van der Waals surface area contributed by atoms with E-state index in [9.17, 15) is 0 Å². The molecular formula is C15H29N3. The molecule has 3 heteroatoms. The van der Waals surface area contributed by atoms with E-state index >= 15 is 0 Å². The first-order valence-electron chi connectivity index (χ1n) is 8.05. The predicted molar refractivity (Wildman–Crippen MR) is 75.8 cm³/mol. The zero-order chi connectivity index (χ0) is 12.4. The fourth-order valence-corrected chi connectivity index (χ4v) is 3.96. The molecule has 2 aliphatic heterocycles. The summed E-state index contributed by atoms with van der Waals surface area (Å²) < 4.78 is 0. The maximum absolute atomic E-state index is 3.39. The van der Waals surface area contributed by atoms with Crippen LogP contribution in [0.3, 0.4) is 0 Å². The highest BCUT2D eigenvalue weighted by molar-refractivity contribution is 4.89. The summed E-state index contributed by atoms with van der Waals surface area (Å²) in [5.74, 6) is 1.01. The number of rotatable bonds is 3. The van der Waals surface area contributed by atoms with E-state index in [2.05, 4.69) is 22.0 Å². The molecular weight excluding hydrogens is 222 g/mol. The van der Waals surface area contributed by atoms with Gasteiger partial charge in [-0.25, -0.2) is 0 Å². The van der Waals surface area contributed by atoms with Crippen LogP contribution >= 0.6 is 0 Å². The second-order valence-corrected chi connectivity index (χ2v) is 6.48. The quantitative estimate of drug-likeness (QED) is 0.821. The molecule has 104 valence electrons. The van der Waals surface area contributed by atoms with Gasteiger partial charge in [-0.3, -0.25) is 9.80 Å². The third-order valence-corrected chi connectivity index (χ3v) is 5.47. The molecule has 3 nitrogen and oxygen atoms in total. The van der Waals surface area contributed by atoms with E-state index < -0.39 is 0 Å². The van der Waals surface area contributed by atoms with Crippen molar-refractivity contribution in [2.75, 3.05) is 39.3 Å². The average Bonchev–Trinajstić information content (AvgIpc) is 2.38. The molecule has 2 saturated heterocycles. The Balaban J connectivity index is 1.46. The van der Waals surface area contributed by atoms with E-state index in [1.165, 1.54) is 71.4 Å². The Bertz CT molecular complexity index is 256. The van der Waals surface area contributed by atoms with Gasteiger partial charge in [-0.15, -0.1) is 0 Å². The molecule has 18 heavy (non-hydrogen) atoms. The fourth-order valence-electron chi connectivity index (χ4n) is 3.96. The van der Waals surface area contributed by atoms with Crippen LogP contribution in [0.4, 0.5) is 0 Å². The van der Waals surface area contributed by atoms with Crippen LogP contribution in [0.15, 0.2) is 0 Å². The summed E-state index contributed by atoms with van der Waals surface area (Å²) >= 11 is 0. The summed E-state index contributed by atoms with van der Waals surface area (Å²) in [6.07, 6.45) is 7.28. The van der Waals surface area contributed by atoms with Gasteiger partial charge in [0.1, 0.15) is 0 Å². The molecule has 2 atom stereocenters. The van der Waals surface area contributed by atoms with Gasteiger partial charge in [0, 0.05) is 51.4 Å². The maximum atomic E-state index is 3.39. The Hall–Kier alpha value is -0.120. The van der Waals surface area contributed by atoms with Crippen molar-refractivity contribution < 1.29 is 0 Å². The van der Waals surface area contributed by atoms with E-state index in [-0.39, 0.29) is 0 Å². The molecule has 0 amide bonds. The Labute approximate surface area is 112 Å². The van der Waals surface area contributed by atoms with Gasteiger partial charge in [0.25, 0.3) is 0 Å². The van der Waals surface area contributed by atoms with Crippen molar-refractivity contribution in [3.05, 3.63) is 0 Å². The van der Waals surface area contributed by atoms with E-state index in [1.54, 1.807) is 0 Å². The molecule has 0 aromatic heterocycles. The zero-order valence-electron chi connectivity index (χ0n) is 11.9. The van der Waals surface area contributed by atoms with Gasteiger partial charge in [0.05, 0.1) is 0 Å². The van der Waals surface area contributed by atoms with Gasteiger partial charge in [-0.2, -0.15) is 0 Å². The van der Waals surface area contributed by atoms with Crippen molar-refractivity contribution in [2.45, 2.75) is 51.1 Å². The van der Waals surface area contributed by atoms with Crippen LogP contribution in [0.2, 0.25) is 0 Å². The molecule has 3 aliphatic rings. The molecule has 1 aliphatic carbocycles. The van der Waals surface area contributed by atoms with Crippen LogP contribution in [-0.2, 0) is 0 Å². The SMILES string of the molecule is CCC1CCCC(N2CCN(C3CNC3)CC2)C1. The van der Waals surface area contributed by atoms with E-state index in [0.717, 1.165) is 18.0 Å². The lowest BCUT2D eigenvalue weighted by Gasteiger charge is -2.46. The number of nitrogens with zero attached hydrogens (tertiary/aromatic N) is 2. The number of nitrogens with one attached hydrogen (secondary N) is 1. The smallest absolute Gasteiger partial charge is 0.0346 e. The highest BCUT2D eigenvalue weighted by Crippen LogP contribution is 2.30. The van der Waals surface area contributed by atoms with Crippen molar-refractivity contribution in [3.63, 3.8) is 0 Å². The minimum Gasteiger partial charge on any atom is -0.314 e. The monoisotopic (exact) mass is 251 g/mol. The first-order valence-corrected chi connectivity index (χ1v) is 8.05.